The second kappa shape index (κ2) is 74.9. The Balaban J connectivity index is 0.00000144. The van der Waals surface area contributed by atoms with Crippen molar-refractivity contribution in [1.82, 2.24) is 0 Å². The summed E-state index contributed by atoms with van der Waals surface area (Å²) in [6.07, 6.45) is 13.1. The molecule has 9 rings (SSSR count). The summed E-state index contributed by atoms with van der Waals surface area (Å²) >= 11 is 0. The van der Waals surface area contributed by atoms with E-state index in [2.05, 4.69) is 278 Å². The van der Waals surface area contributed by atoms with Gasteiger partial charge < -0.3 is 52.1 Å². The molecule has 732 valence electrons. The first-order valence-electron chi connectivity index (χ1n) is 48.9. The number of rotatable bonds is 42. The van der Waals surface area contributed by atoms with Crippen molar-refractivity contribution in [3.63, 3.8) is 0 Å². The summed E-state index contributed by atoms with van der Waals surface area (Å²) in [4.78, 5) is 0. The standard InChI is InChI=1S/C15H22O2.4C13H20O.C12H18O2.2C12H18O.C11H16O.C5H11F/c1-5-6-13-7-8-14(15(11-13)16-4)17-10-9-12(2)3;1-10(2)7-8-14-13-6-5-11(3)12(4)9-13;1-10(2)8-9-14-13-7-5-6-11(3)12(13)4;1-10(2)8-9-14-13-11(3)6-5-7-12(13)4;1-4-12-5-7-13(8-6-12)14-10-9-11(2)3;1-10(2)7-8-14-12-6-4-5-11(9-12)13-3;1-10(2)8-9-13-12-6-4-11(3)5-7-12;1-10(2)8-9-13-12-7-5-4-6-11(12)3;1-10(2)8-9-12-11-6-4-3-5-7-11;1-4(2)5(3)6/h5,7-8,11-12H,1,6,9-10H2,2-4H3;5-6,9-10H,7-8H2,1-4H3;2*5-7,10H,8-9H2,1-4H3;5-8,11H,4,9-10H2,1-3H3;4-6,9-10H,7-8H2,1-3H3;2*4-7,10H,8-9H2,1-3H3;3-7,10H,8-9H2,1-2H3;4-5H,1-3H3. The summed E-state index contributed by atoms with van der Waals surface area (Å²) < 4.78 is 73.1. The molecule has 0 aliphatic carbocycles. The molecule has 0 heterocycles. The van der Waals surface area contributed by atoms with Crippen LogP contribution in [0.5, 0.6) is 63.2 Å². The third kappa shape index (κ3) is 65.6. The van der Waals surface area contributed by atoms with Crippen molar-refractivity contribution in [2.45, 2.75) is 285 Å². The molecular weight excluding hydrogens is 1620 g/mol. The first-order valence-corrected chi connectivity index (χ1v) is 48.9. The number of hydrogen-bond donors (Lipinski definition) is 0. The van der Waals surface area contributed by atoms with Gasteiger partial charge in [-0.3, -0.25) is 0 Å². The SMILES string of the molecule is C=CCc1ccc(OCCC(C)C)c(OC)c1.CC(C)C(C)F.CC(C)CCOc1ccccc1.CCc1ccc(OCCC(C)C)cc1.COc1cccc(OCCC(C)C)c1.Cc1ccc(OCCC(C)C)cc1.Cc1ccc(OCCC(C)C)cc1C.Cc1cccc(C)c1OCCC(C)C.Cc1cccc(OCCC(C)C)c1C.Cc1ccccc1OCCC(C)C. The van der Waals surface area contributed by atoms with Gasteiger partial charge in [-0.05, 0) is 327 Å². The van der Waals surface area contributed by atoms with Crippen LogP contribution in [0.15, 0.2) is 213 Å². The van der Waals surface area contributed by atoms with Crippen molar-refractivity contribution in [2.75, 3.05) is 73.7 Å². The van der Waals surface area contributed by atoms with Gasteiger partial charge in [0.15, 0.2) is 11.5 Å². The lowest BCUT2D eigenvalue weighted by molar-refractivity contribution is 0.273. The lowest BCUT2D eigenvalue weighted by Gasteiger charge is -2.12. The minimum Gasteiger partial charge on any atom is -0.497 e. The van der Waals surface area contributed by atoms with Crippen LogP contribution in [-0.2, 0) is 12.8 Å². The van der Waals surface area contributed by atoms with Crippen LogP contribution in [0.3, 0.4) is 0 Å². The summed E-state index contributed by atoms with van der Waals surface area (Å²) in [5.41, 5.74) is 12.7. The molecule has 0 aromatic heterocycles. The highest BCUT2D eigenvalue weighted by atomic mass is 19.1. The zero-order valence-electron chi connectivity index (χ0n) is 88.2. The van der Waals surface area contributed by atoms with Crippen molar-refractivity contribution >= 4 is 0 Å². The van der Waals surface area contributed by atoms with Gasteiger partial charge >= 0.3 is 0 Å². The number of aryl methyl sites for hydroxylation is 8. The zero-order valence-corrected chi connectivity index (χ0v) is 88.2. The van der Waals surface area contributed by atoms with E-state index in [1.807, 2.05) is 135 Å². The van der Waals surface area contributed by atoms with E-state index in [1.165, 1.54) is 55.6 Å². The molecule has 0 radical (unpaired) electrons. The Labute approximate surface area is 800 Å². The Bertz CT molecular complexity index is 4210. The van der Waals surface area contributed by atoms with Gasteiger partial charge in [0, 0.05) is 6.07 Å². The van der Waals surface area contributed by atoms with Gasteiger partial charge in [0.05, 0.1) is 79.9 Å². The predicted molar refractivity (Wildman–Crippen MR) is 562 cm³/mol. The maximum Gasteiger partial charge on any atom is 0.161 e. The fraction of sp³-hybridized carbons (Fsp3) is 0.529. The highest BCUT2D eigenvalue weighted by molar-refractivity contribution is 5.44. The maximum atomic E-state index is 11.8. The van der Waals surface area contributed by atoms with E-state index in [1.54, 1.807) is 21.1 Å². The van der Waals surface area contributed by atoms with Crippen molar-refractivity contribution in [3.8, 4) is 63.2 Å². The molecule has 11 nitrogen and oxygen atoms in total. The Morgan fingerprint density at radius 3 is 1.01 bits per heavy atom. The highest BCUT2D eigenvalue weighted by Gasteiger charge is 2.10. The van der Waals surface area contributed by atoms with Crippen molar-refractivity contribution in [2.24, 2.45) is 59.2 Å². The Morgan fingerprint density at radius 1 is 0.267 bits per heavy atom. The summed E-state index contributed by atoms with van der Waals surface area (Å²) in [6, 6.07) is 67.1. The molecule has 0 bridgehead atoms. The Morgan fingerprint density at radius 2 is 0.595 bits per heavy atom. The smallest absolute Gasteiger partial charge is 0.161 e. The van der Waals surface area contributed by atoms with E-state index in [-0.39, 0.29) is 5.92 Å². The zero-order chi connectivity index (χ0) is 98.4. The molecule has 0 aliphatic heterocycles. The van der Waals surface area contributed by atoms with Gasteiger partial charge in [0.2, 0.25) is 0 Å². The molecule has 0 N–H and O–H groups in total. The number of benzene rings is 9. The van der Waals surface area contributed by atoms with Gasteiger partial charge in [-0.25, -0.2) is 4.39 Å². The van der Waals surface area contributed by atoms with Crippen LogP contribution in [0.25, 0.3) is 0 Å². The highest BCUT2D eigenvalue weighted by Crippen LogP contribution is 2.30. The molecule has 0 fully saturated rings. The van der Waals surface area contributed by atoms with Crippen molar-refractivity contribution in [3.05, 3.63) is 268 Å². The lowest BCUT2D eigenvalue weighted by atomic mass is 10.1. The average molecular weight is 1810 g/mol. The predicted octanol–water partition coefficient (Wildman–Crippen LogP) is 33.8. The molecule has 1 unspecified atom stereocenters. The van der Waals surface area contributed by atoms with Crippen LogP contribution in [0.4, 0.5) is 4.39 Å². The summed E-state index contributed by atoms with van der Waals surface area (Å²) in [5.74, 6) is 16.9. The minimum atomic E-state index is -0.648. The molecule has 12 heteroatoms. The van der Waals surface area contributed by atoms with E-state index < -0.39 is 6.17 Å². The second-order valence-electron chi connectivity index (χ2n) is 37.9. The van der Waals surface area contributed by atoms with Gasteiger partial charge in [-0.15, -0.1) is 6.58 Å². The topological polar surface area (TPSA) is 102 Å². The summed E-state index contributed by atoms with van der Waals surface area (Å²) in [5, 5.41) is 0. The Hall–Kier alpha value is -9.55. The minimum absolute atomic E-state index is 0.185. The fourth-order valence-electron chi connectivity index (χ4n) is 10.9. The Kier molecular flexibility index (Phi) is 69.5. The van der Waals surface area contributed by atoms with Crippen LogP contribution in [0.2, 0.25) is 0 Å². The third-order valence-electron chi connectivity index (χ3n) is 20.8. The molecule has 1 atom stereocenters. The summed E-state index contributed by atoms with van der Waals surface area (Å²) in [7, 11) is 3.33. The van der Waals surface area contributed by atoms with Crippen molar-refractivity contribution in [1.29, 1.82) is 0 Å². The summed E-state index contributed by atoms with van der Waals surface area (Å²) in [6.45, 7) is 75.0. The number of ether oxygens (including phenoxy) is 11. The van der Waals surface area contributed by atoms with E-state index in [4.69, 9.17) is 52.1 Å². The molecule has 131 heavy (non-hydrogen) atoms. The lowest BCUT2D eigenvalue weighted by Crippen LogP contribution is -2.03. The van der Waals surface area contributed by atoms with Crippen LogP contribution >= 0.6 is 0 Å². The fourth-order valence-corrected chi connectivity index (χ4v) is 10.9. The number of hydrogen-bond acceptors (Lipinski definition) is 11. The second-order valence-corrected chi connectivity index (χ2v) is 37.9. The first kappa shape index (κ1) is 121. The number of alkyl halides is 1. The third-order valence-corrected chi connectivity index (χ3v) is 20.8. The number of methoxy groups -OCH3 is 2. The first-order chi connectivity index (χ1) is 62.2. The van der Waals surface area contributed by atoms with Crippen LogP contribution in [-0.4, -0.2) is 79.9 Å². The van der Waals surface area contributed by atoms with Gasteiger partial charge in [-0.2, -0.15) is 0 Å². The molecular formula is C119H183FO11. The van der Waals surface area contributed by atoms with Gasteiger partial charge in [-0.1, -0.05) is 266 Å². The quantitative estimate of drug-likeness (QED) is 0.0342. The molecule has 9 aromatic rings. The number of allylic oxidation sites excluding steroid dienone is 1. The normalized spacial score (nSPS) is 10.7. The maximum absolute atomic E-state index is 11.8. The average Bonchev–Trinajstić information content (AvgIpc) is 0.873. The number of para-hydroxylation sites is 3. The van der Waals surface area contributed by atoms with Crippen LogP contribution < -0.4 is 52.1 Å². The number of halogens is 1. The molecule has 0 saturated carbocycles. The molecule has 0 amide bonds. The van der Waals surface area contributed by atoms with E-state index in [9.17, 15) is 4.39 Å². The van der Waals surface area contributed by atoms with Gasteiger partial charge in [0.1, 0.15) is 51.7 Å². The largest absolute Gasteiger partial charge is 0.497 e. The van der Waals surface area contributed by atoms with Crippen LogP contribution in [0, 0.1) is 115 Å². The van der Waals surface area contributed by atoms with Crippen molar-refractivity contribution < 1.29 is 56.5 Å². The monoisotopic (exact) mass is 1810 g/mol. The van der Waals surface area contributed by atoms with Crippen LogP contribution in [0.1, 0.15) is 266 Å². The molecule has 0 spiro atoms. The molecule has 9 aromatic carbocycles. The van der Waals surface area contributed by atoms with E-state index in [0.717, 1.165) is 193 Å². The van der Waals surface area contributed by atoms with E-state index >= 15 is 0 Å². The molecule has 0 saturated heterocycles. The molecule has 0 aliphatic rings. The van der Waals surface area contributed by atoms with E-state index in [0.29, 0.717) is 53.3 Å². The van der Waals surface area contributed by atoms with Gasteiger partial charge in [0.25, 0.3) is 0 Å².